The molecule has 1 aliphatic rings. The summed E-state index contributed by atoms with van der Waals surface area (Å²) in [6.45, 7) is 1.61. The average molecular weight is 367 g/mol. The van der Waals surface area contributed by atoms with Gasteiger partial charge in [-0.05, 0) is 42.7 Å². The first-order valence-corrected chi connectivity index (χ1v) is 9.16. The lowest BCUT2D eigenvalue weighted by molar-refractivity contribution is -0.144. The van der Waals surface area contributed by atoms with Gasteiger partial charge < -0.3 is 20.2 Å². The van der Waals surface area contributed by atoms with Gasteiger partial charge in [0.25, 0.3) is 0 Å². The second-order valence-corrected chi connectivity index (χ2v) is 6.87. The number of anilines is 2. The Morgan fingerprint density at radius 3 is 2.33 bits per heavy atom. The van der Waals surface area contributed by atoms with Crippen LogP contribution in [-0.2, 0) is 16.1 Å². The van der Waals surface area contributed by atoms with E-state index >= 15 is 0 Å². The zero-order valence-electron chi connectivity index (χ0n) is 15.5. The van der Waals surface area contributed by atoms with Gasteiger partial charge in [-0.15, -0.1) is 0 Å². The number of carbonyl (C=O) groups excluding carboxylic acids is 2. The third-order valence-corrected chi connectivity index (χ3v) is 4.77. The maximum atomic E-state index is 12.2. The van der Waals surface area contributed by atoms with E-state index in [-0.39, 0.29) is 6.10 Å². The molecule has 2 amide bonds. The lowest BCUT2D eigenvalue weighted by Gasteiger charge is -2.28. The molecule has 0 atom stereocenters. The number of carbonyl (C=O) groups is 2. The number of aliphatic hydroxyl groups is 1. The Kier molecular flexibility index (Phi) is 6.08. The Bertz CT molecular complexity index is 769. The minimum absolute atomic E-state index is 0.377. The normalized spacial score (nSPS) is 14.7. The molecule has 0 aromatic heterocycles. The molecule has 1 saturated heterocycles. The van der Waals surface area contributed by atoms with E-state index in [1.165, 1.54) is 10.5 Å². The van der Waals surface area contributed by atoms with Gasteiger partial charge in [0.05, 0.1) is 6.10 Å². The SMILES string of the molecule is CN(Cc1ccccc1)c1ccc(NC(=O)C(=O)N2CCC(O)CC2)cc1. The van der Waals surface area contributed by atoms with E-state index in [0.29, 0.717) is 31.6 Å². The highest BCUT2D eigenvalue weighted by Crippen LogP contribution is 2.19. The van der Waals surface area contributed by atoms with Crippen molar-refractivity contribution in [2.24, 2.45) is 0 Å². The second-order valence-electron chi connectivity index (χ2n) is 6.87. The molecular weight excluding hydrogens is 342 g/mol. The van der Waals surface area contributed by atoms with E-state index in [2.05, 4.69) is 22.3 Å². The second kappa shape index (κ2) is 8.68. The summed E-state index contributed by atoms with van der Waals surface area (Å²) in [6.07, 6.45) is 0.653. The van der Waals surface area contributed by atoms with Gasteiger partial charge in [-0.3, -0.25) is 9.59 Å². The highest BCUT2D eigenvalue weighted by atomic mass is 16.3. The van der Waals surface area contributed by atoms with Gasteiger partial charge in [0.2, 0.25) is 0 Å². The first kappa shape index (κ1) is 18.9. The summed E-state index contributed by atoms with van der Waals surface area (Å²) in [5.74, 6) is -1.19. The molecule has 2 aromatic carbocycles. The number of nitrogens with one attached hydrogen (secondary N) is 1. The largest absolute Gasteiger partial charge is 0.393 e. The zero-order valence-corrected chi connectivity index (χ0v) is 15.5. The monoisotopic (exact) mass is 367 g/mol. The van der Waals surface area contributed by atoms with Gasteiger partial charge in [-0.1, -0.05) is 30.3 Å². The Balaban J connectivity index is 1.55. The van der Waals surface area contributed by atoms with Gasteiger partial charge in [-0.2, -0.15) is 0 Å². The van der Waals surface area contributed by atoms with E-state index in [1.54, 1.807) is 12.1 Å². The number of amides is 2. The summed E-state index contributed by atoms with van der Waals surface area (Å²) >= 11 is 0. The number of benzene rings is 2. The number of piperidine rings is 1. The molecule has 6 heteroatoms. The van der Waals surface area contributed by atoms with E-state index in [1.807, 2.05) is 37.4 Å². The van der Waals surface area contributed by atoms with Crippen LogP contribution in [0.2, 0.25) is 0 Å². The van der Waals surface area contributed by atoms with Crippen molar-refractivity contribution in [2.75, 3.05) is 30.4 Å². The minimum Gasteiger partial charge on any atom is -0.393 e. The van der Waals surface area contributed by atoms with Crippen LogP contribution in [0.1, 0.15) is 18.4 Å². The maximum absolute atomic E-state index is 12.2. The smallest absolute Gasteiger partial charge is 0.313 e. The van der Waals surface area contributed by atoms with E-state index in [4.69, 9.17) is 0 Å². The van der Waals surface area contributed by atoms with Crippen molar-refractivity contribution >= 4 is 23.2 Å². The van der Waals surface area contributed by atoms with Crippen molar-refractivity contribution in [1.82, 2.24) is 4.90 Å². The molecule has 27 heavy (non-hydrogen) atoms. The van der Waals surface area contributed by atoms with Crippen LogP contribution >= 0.6 is 0 Å². The van der Waals surface area contributed by atoms with Crippen molar-refractivity contribution in [3.05, 3.63) is 60.2 Å². The molecule has 2 aromatic rings. The standard InChI is InChI=1S/C21H25N3O3/c1-23(15-16-5-3-2-4-6-16)18-9-7-17(8-10-18)22-20(26)21(27)24-13-11-19(25)12-14-24/h2-10,19,25H,11-15H2,1H3,(H,22,26). The average Bonchev–Trinajstić information content (AvgIpc) is 2.69. The van der Waals surface area contributed by atoms with E-state index in [9.17, 15) is 14.7 Å². The van der Waals surface area contributed by atoms with Gasteiger partial charge >= 0.3 is 11.8 Å². The molecule has 142 valence electrons. The molecule has 0 unspecified atom stereocenters. The third-order valence-electron chi connectivity index (χ3n) is 4.77. The molecule has 1 aliphatic heterocycles. The fraction of sp³-hybridized carbons (Fsp3) is 0.333. The van der Waals surface area contributed by atoms with Crippen LogP contribution in [0.15, 0.2) is 54.6 Å². The molecule has 0 bridgehead atoms. The highest BCUT2D eigenvalue weighted by molar-refractivity contribution is 6.39. The van der Waals surface area contributed by atoms with Gasteiger partial charge in [0, 0.05) is 38.1 Å². The molecule has 0 saturated carbocycles. The first-order chi connectivity index (χ1) is 13.0. The van der Waals surface area contributed by atoms with Crippen molar-refractivity contribution < 1.29 is 14.7 Å². The van der Waals surface area contributed by atoms with Crippen molar-refractivity contribution in [3.63, 3.8) is 0 Å². The fourth-order valence-electron chi connectivity index (χ4n) is 3.14. The van der Waals surface area contributed by atoms with Crippen LogP contribution < -0.4 is 10.2 Å². The first-order valence-electron chi connectivity index (χ1n) is 9.16. The Morgan fingerprint density at radius 2 is 1.70 bits per heavy atom. The molecule has 0 aliphatic carbocycles. The van der Waals surface area contributed by atoms with Gasteiger partial charge in [0.15, 0.2) is 0 Å². The highest BCUT2D eigenvalue weighted by Gasteiger charge is 2.26. The van der Waals surface area contributed by atoms with Crippen molar-refractivity contribution in [2.45, 2.75) is 25.5 Å². The molecule has 2 N–H and O–H groups in total. The minimum atomic E-state index is -0.642. The number of hydrogen-bond acceptors (Lipinski definition) is 4. The Labute approximate surface area is 159 Å². The summed E-state index contributed by atoms with van der Waals surface area (Å²) in [4.78, 5) is 28.0. The Hall–Kier alpha value is -2.86. The van der Waals surface area contributed by atoms with Crippen LogP contribution in [0.3, 0.4) is 0 Å². The summed E-state index contributed by atoms with van der Waals surface area (Å²) < 4.78 is 0. The lowest BCUT2D eigenvalue weighted by Crippen LogP contribution is -2.45. The van der Waals surface area contributed by atoms with Gasteiger partial charge in [0.1, 0.15) is 0 Å². The fourth-order valence-corrected chi connectivity index (χ4v) is 3.14. The topological polar surface area (TPSA) is 72.9 Å². The Morgan fingerprint density at radius 1 is 1.07 bits per heavy atom. The molecule has 1 fully saturated rings. The zero-order chi connectivity index (χ0) is 19.2. The summed E-state index contributed by atoms with van der Waals surface area (Å²) in [7, 11) is 2.01. The summed E-state index contributed by atoms with van der Waals surface area (Å²) in [5.41, 5.74) is 2.82. The van der Waals surface area contributed by atoms with Crippen LogP contribution in [-0.4, -0.2) is 48.1 Å². The number of rotatable bonds is 4. The number of aliphatic hydroxyl groups excluding tert-OH is 1. The summed E-state index contributed by atoms with van der Waals surface area (Å²) in [5, 5.41) is 12.2. The van der Waals surface area contributed by atoms with Gasteiger partial charge in [-0.25, -0.2) is 0 Å². The predicted octanol–water partition coefficient (Wildman–Crippen LogP) is 2.24. The van der Waals surface area contributed by atoms with Crippen LogP contribution in [0.4, 0.5) is 11.4 Å². The number of nitrogens with zero attached hydrogens (tertiary/aromatic N) is 2. The third kappa shape index (κ3) is 5.08. The molecule has 1 heterocycles. The quantitative estimate of drug-likeness (QED) is 0.813. The van der Waals surface area contributed by atoms with Crippen LogP contribution in [0, 0.1) is 0 Å². The van der Waals surface area contributed by atoms with E-state index in [0.717, 1.165) is 12.2 Å². The predicted molar refractivity (Wildman–Crippen MR) is 105 cm³/mol. The molecule has 6 nitrogen and oxygen atoms in total. The number of hydrogen-bond donors (Lipinski definition) is 2. The maximum Gasteiger partial charge on any atom is 0.313 e. The van der Waals surface area contributed by atoms with E-state index < -0.39 is 11.8 Å². The lowest BCUT2D eigenvalue weighted by atomic mass is 10.1. The van der Waals surface area contributed by atoms with Crippen molar-refractivity contribution in [1.29, 1.82) is 0 Å². The molecule has 0 spiro atoms. The summed E-state index contributed by atoms with van der Waals surface area (Å²) in [6, 6.07) is 17.6. The van der Waals surface area contributed by atoms with Crippen molar-refractivity contribution in [3.8, 4) is 0 Å². The van der Waals surface area contributed by atoms with Crippen LogP contribution in [0.5, 0.6) is 0 Å². The molecular formula is C21H25N3O3. The molecule has 0 radical (unpaired) electrons. The molecule has 3 rings (SSSR count). The number of likely N-dealkylation sites (tertiary alicyclic amines) is 1. The van der Waals surface area contributed by atoms with Crippen LogP contribution in [0.25, 0.3) is 0 Å².